The topological polar surface area (TPSA) is 90.7 Å². The highest BCUT2D eigenvalue weighted by Gasteiger charge is 2.16. The van der Waals surface area contributed by atoms with Crippen LogP contribution in [0, 0.1) is 10.1 Å². The second-order valence-electron chi connectivity index (χ2n) is 3.17. The van der Waals surface area contributed by atoms with Gasteiger partial charge in [0.1, 0.15) is 11.4 Å². The molecule has 0 aliphatic carbocycles. The molecule has 0 atom stereocenters. The summed E-state index contributed by atoms with van der Waals surface area (Å²) in [4.78, 5) is 21.1. The average molecular weight is 240 g/mol. The van der Waals surface area contributed by atoms with Gasteiger partial charge in [0.05, 0.1) is 11.0 Å². The smallest absolute Gasteiger partial charge is 0.296 e. The van der Waals surface area contributed by atoms with E-state index in [1.807, 2.05) is 0 Å². The first kappa shape index (κ1) is 12.9. The zero-order valence-electron chi connectivity index (χ0n) is 9.43. The van der Waals surface area contributed by atoms with E-state index >= 15 is 0 Å². The van der Waals surface area contributed by atoms with Gasteiger partial charge in [-0.2, -0.15) is 0 Å². The Hall–Kier alpha value is -2.15. The Morgan fingerprint density at radius 1 is 1.53 bits per heavy atom. The van der Waals surface area contributed by atoms with E-state index in [9.17, 15) is 14.9 Å². The van der Waals surface area contributed by atoms with Crippen molar-refractivity contribution in [2.45, 2.75) is 6.92 Å². The molecule has 1 aromatic rings. The normalized spacial score (nSPS) is 9.76. The lowest BCUT2D eigenvalue weighted by Gasteiger charge is -2.07. The molecular weight excluding hydrogens is 228 g/mol. The van der Waals surface area contributed by atoms with E-state index in [1.165, 1.54) is 32.2 Å². The van der Waals surface area contributed by atoms with Gasteiger partial charge in [-0.05, 0) is 12.1 Å². The predicted molar refractivity (Wildman–Crippen MR) is 59.9 cm³/mol. The number of anilines is 1. The lowest BCUT2D eigenvalue weighted by Crippen LogP contribution is -2.08. The molecule has 1 amide bonds. The zero-order chi connectivity index (χ0) is 12.8. The van der Waals surface area contributed by atoms with E-state index in [2.05, 4.69) is 10.1 Å². The van der Waals surface area contributed by atoms with Gasteiger partial charge >= 0.3 is 0 Å². The van der Waals surface area contributed by atoms with E-state index in [-0.39, 0.29) is 24.1 Å². The molecule has 0 aliphatic rings. The Morgan fingerprint density at radius 3 is 2.76 bits per heavy atom. The number of ether oxygens (including phenoxy) is 2. The van der Waals surface area contributed by atoms with E-state index in [0.29, 0.717) is 5.75 Å². The van der Waals surface area contributed by atoms with Crippen LogP contribution < -0.4 is 10.1 Å². The van der Waals surface area contributed by atoms with Crippen molar-refractivity contribution < 1.29 is 19.2 Å². The van der Waals surface area contributed by atoms with Crippen LogP contribution in [0.15, 0.2) is 18.2 Å². The number of nitro benzene ring substituents is 1. The second kappa shape index (κ2) is 5.80. The Kier molecular flexibility index (Phi) is 4.41. The number of hydrogen-bond acceptors (Lipinski definition) is 5. The number of amides is 1. The molecular formula is C10H12N2O5. The summed E-state index contributed by atoms with van der Waals surface area (Å²) in [5.41, 5.74) is -0.0962. The van der Waals surface area contributed by atoms with Crippen LogP contribution in [0.2, 0.25) is 0 Å². The number of carbonyl (C=O) groups is 1. The van der Waals surface area contributed by atoms with Crippen molar-refractivity contribution in [3.05, 3.63) is 28.3 Å². The van der Waals surface area contributed by atoms with Gasteiger partial charge in [0, 0.05) is 14.0 Å². The molecule has 7 heteroatoms. The number of rotatable bonds is 5. The first-order valence-corrected chi connectivity index (χ1v) is 4.72. The number of hydrogen-bond donors (Lipinski definition) is 1. The molecule has 1 aromatic carbocycles. The Bertz CT molecular complexity index is 433. The molecule has 7 nitrogen and oxygen atoms in total. The van der Waals surface area contributed by atoms with Crippen LogP contribution in [0.3, 0.4) is 0 Å². The summed E-state index contributed by atoms with van der Waals surface area (Å²) < 4.78 is 9.75. The van der Waals surface area contributed by atoms with Crippen molar-refractivity contribution in [1.29, 1.82) is 0 Å². The number of nitrogens with zero attached hydrogens (tertiary/aromatic N) is 1. The fraction of sp³-hybridized carbons (Fsp3) is 0.300. The van der Waals surface area contributed by atoms with E-state index < -0.39 is 4.92 Å². The zero-order valence-corrected chi connectivity index (χ0v) is 9.43. The molecule has 92 valence electrons. The van der Waals surface area contributed by atoms with Gasteiger partial charge in [-0.15, -0.1) is 0 Å². The van der Waals surface area contributed by atoms with Gasteiger partial charge in [-0.25, -0.2) is 0 Å². The lowest BCUT2D eigenvalue weighted by molar-refractivity contribution is -0.384. The van der Waals surface area contributed by atoms with Gasteiger partial charge in [0.2, 0.25) is 5.91 Å². The molecule has 17 heavy (non-hydrogen) atoms. The molecule has 1 rings (SSSR count). The minimum atomic E-state index is -0.592. The van der Waals surface area contributed by atoms with Gasteiger partial charge in [0.15, 0.2) is 6.79 Å². The summed E-state index contributed by atoms with van der Waals surface area (Å²) in [6.45, 7) is 1.27. The third-order valence-electron chi connectivity index (χ3n) is 1.82. The quantitative estimate of drug-likeness (QED) is 0.479. The summed E-state index contributed by atoms with van der Waals surface area (Å²) >= 11 is 0. The molecule has 0 unspecified atom stereocenters. The largest absolute Gasteiger partial charge is 0.467 e. The van der Waals surface area contributed by atoms with Gasteiger partial charge in [-0.1, -0.05) is 0 Å². The summed E-state index contributed by atoms with van der Waals surface area (Å²) in [5, 5.41) is 13.2. The molecule has 0 bridgehead atoms. The van der Waals surface area contributed by atoms with Crippen LogP contribution >= 0.6 is 0 Å². The van der Waals surface area contributed by atoms with Crippen molar-refractivity contribution in [2.75, 3.05) is 19.2 Å². The standard InChI is InChI=1S/C10H12N2O5/c1-7(13)11-9-4-3-8(17-6-16-2)5-10(9)12(14)15/h3-5H,6H2,1-2H3,(H,11,13). The van der Waals surface area contributed by atoms with Crippen molar-refractivity contribution in [1.82, 2.24) is 0 Å². The first-order valence-electron chi connectivity index (χ1n) is 4.72. The first-order chi connectivity index (χ1) is 8.04. The van der Waals surface area contributed by atoms with E-state index in [4.69, 9.17) is 4.74 Å². The van der Waals surface area contributed by atoms with E-state index in [0.717, 1.165) is 0 Å². The number of nitrogens with one attached hydrogen (secondary N) is 1. The maximum absolute atomic E-state index is 10.9. The highest BCUT2D eigenvalue weighted by atomic mass is 16.7. The minimum absolute atomic E-state index is 0.00334. The molecule has 0 saturated carbocycles. The molecule has 0 radical (unpaired) electrons. The van der Waals surface area contributed by atoms with Crippen LogP contribution in [0.1, 0.15) is 6.92 Å². The third-order valence-corrected chi connectivity index (χ3v) is 1.82. The van der Waals surface area contributed by atoms with Crippen molar-refractivity contribution in [3.63, 3.8) is 0 Å². The second-order valence-corrected chi connectivity index (χ2v) is 3.17. The minimum Gasteiger partial charge on any atom is -0.467 e. The molecule has 0 fully saturated rings. The number of benzene rings is 1. The number of nitro groups is 1. The Morgan fingerprint density at radius 2 is 2.24 bits per heavy atom. The lowest BCUT2D eigenvalue weighted by atomic mass is 10.2. The molecule has 1 N–H and O–H groups in total. The summed E-state index contributed by atoms with van der Waals surface area (Å²) in [7, 11) is 1.44. The van der Waals surface area contributed by atoms with Crippen LogP contribution in [0.25, 0.3) is 0 Å². The Labute approximate surface area is 97.5 Å². The fourth-order valence-electron chi connectivity index (χ4n) is 1.17. The van der Waals surface area contributed by atoms with E-state index in [1.54, 1.807) is 0 Å². The summed E-state index contributed by atoms with van der Waals surface area (Å²) in [6, 6.07) is 4.14. The van der Waals surface area contributed by atoms with Crippen LogP contribution in [-0.4, -0.2) is 24.7 Å². The van der Waals surface area contributed by atoms with Crippen molar-refractivity contribution in [2.24, 2.45) is 0 Å². The molecule has 0 aromatic heterocycles. The number of methoxy groups -OCH3 is 1. The SMILES string of the molecule is COCOc1ccc(NC(C)=O)c([N+](=O)[O-])c1. The fourth-order valence-corrected chi connectivity index (χ4v) is 1.17. The maximum Gasteiger partial charge on any atom is 0.296 e. The van der Waals surface area contributed by atoms with Crippen molar-refractivity contribution >= 4 is 17.3 Å². The van der Waals surface area contributed by atoms with Gasteiger partial charge in [0.25, 0.3) is 5.69 Å². The molecule has 0 saturated heterocycles. The predicted octanol–water partition coefficient (Wildman–Crippen LogP) is 1.54. The monoisotopic (exact) mass is 240 g/mol. The van der Waals surface area contributed by atoms with Gasteiger partial charge in [-0.3, -0.25) is 14.9 Å². The number of carbonyl (C=O) groups excluding carboxylic acids is 1. The molecule has 0 spiro atoms. The van der Waals surface area contributed by atoms with Crippen LogP contribution in [0.4, 0.5) is 11.4 Å². The Balaban J connectivity index is 2.99. The maximum atomic E-state index is 10.9. The van der Waals surface area contributed by atoms with Crippen molar-refractivity contribution in [3.8, 4) is 5.75 Å². The third kappa shape index (κ3) is 3.72. The van der Waals surface area contributed by atoms with Gasteiger partial charge < -0.3 is 14.8 Å². The van der Waals surface area contributed by atoms with Crippen LogP contribution in [-0.2, 0) is 9.53 Å². The summed E-state index contributed by atoms with van der Waals surface area (Å²) in [6.07, 6.45) is 0. The highest BCUT2D eigenvalue weighted by Crippen LogP contribution is 2.28. The highest BCUT2D eigenvalue weighted by molar-refractivity contribution is 5.91. The van der Waals surface area contributed by atoms with Crippen LogP contribution in [0.5, 0.6) is 5.75 Å². The average Bonchev–Trinajstić information content (AvgIpc) is 2.26. The molecule has 0 aliphatic heterocycles. The summed E-state index contributed by atoms with van der Waals surface area (Å²) in [5.74, 6) is -0.0775. The molecule has 0 heterocycles.